The average Bonchev–Trinajstić information content (AvgIpc) is 2.64. The Morgan fingerprint density at radius 1 is 1.44 bits per heavy atom. The summed E-state index contributed by atoms with van der Waals surface area (Å²) >= 11 is 0. The zero-order valence-electron chi connectivity index (χ0n) is 9.16. The molecule has 16 heavy (non-hydrogen) atoms. The Balaban J connectivity index is 2.38. The van der Waals surface area contributed by atoms with Crippen molar-refractivity contribution in [1.82, 2.24) is 4.90 Å². The van der Waals surface area contributed by atoms with Crippen LogP contribution in [0.2, 0.25) is 0 Å². The molecule has 1 saturated heterocycles. The smallest absolute Gasteiger partial charge is 0.163 e. The number of rotatable bonds is 2. The molecule has 1 heterocycles. The van der Waals surface area contributed by atoms with Gasteiger partial charge >= 0.3 is 0 Å². The third-order valence-corrected chi connectivity index (χ3v) is 3.18. The lowest BCUT2D eigenvalue weighted by Gasteiger charge is -2.25. The van der Waals surface area contributed by atoms with Gasteiger partial charge in [0.2, 0.25) is 0 Å². The van der Waals surface area contributed by atoms with Gasteiger partial charge in [0.05, 0.1) is 12.1 Å². The molecule has 4 heteroatoms. The average molecular weight is 227 g/mol. The first-order valence-electron chi connectivity index (χ1n) is 5.51. The van der Waals surface area contributed by atoms with Crippen molar-refractivity contribution in [3.63, 3.8) is 0 Å². The molecule has 1 N–H and O–H groups in total. The summed E-state index contributed by atoms with van der Waals surface area (Å²) < 4.78 is 26.7. The van der Waals surface area contributed by atoms with Crippen LogP contribution in [-0.4, -0.2) is 29.2 Å². The van der Waals surface area contributed by atoms with Crippen molar-refractivity contribution in [3.8, 4) is 0 Å². The van der Waals surface area contributed by atoms with Gasteiger partial charge < -0.3 is 5.11 Å². The maximum atomic E-state index is 13.6. The summed E-state index contributed by atoms with van der Waals surface area (Å²) in [5.74, 6) is -1.69. The Morgan fingerprint density at radius 2 is 2.19 bits per heavy atom. The standard InChI is InChI=1S/C12H15F2NO/c1-2-15-7-6-10(16)12(15)8-4-3-5-9(13)11(8)14/h3-5,10,12,16H,2,6-7H2,1H3. The second-order valence-corrected chi connectivity index (χ2v) is 4.07. The molecular weight excluding hydrogens is 212 g/mol. The summed E-state index contributed by atoms with van der Waals surface area (Å²) in [4.78, 5) is 1.96. The first-order valence-corrected chi connectivity index (χ1v) is 5.51. The number of benzene rings is 1. The highest BCUT2D eigenvalue weighted by molar-refractivity contribution is 5.24. The van der Waals surface area contributed by atoms with Gasteiger partial charge in [-0.1, -0.05) is 19.1 Å². The van der Waals surface area contributed by atoms with Gasteiger partial charge in [-0.3, -0.25) is 4.90 Å². The zero-order valence-corrected chi connectivity index (χ0v) is 9.16. The van der Waals surface area contributed by atoms with Crippen LogP contribution in [0, 0.1) is 11.6 Å². The predicted octanol–water partition coefficient (Wildman–Crippen LogP) is 2.09. The minimum atomic E-state index is -0.854. The maximum absolute atomic E-state index is 13.6. The van der Waals surface area contributed by atoms with Gasteiger partial charge in [-0.25, -0.2) is 8.78 Å². The van der Waals surface area contributed by atoms with Gasteiger partial charge in [0.15, 0.2) is 11.6 Å². The third-order valence-electron chi connectivity index (χ3n) is 3.18. The van der Waals surface area contributed by atoms with Crippen LogP contribution >= 0.6 is 0 Å². The molecule has 0 spiro atoms. The Bertz CT molecular complexity index is 383. The Labute approximate surface area is 93.5 Å². The van der Waals surface area contributed by atoms with Crippen LogP contribution in [0.25, 0.3) is 0 Å². The van der Waals surface area contributed by atoms with Crippen molar-refractivity contribution in [1.29, 1.82) is 0 Å². The summed E-state index contributed by atoms with van der Waals surface area (Å²) in [5, 5.41) is 9.83. The van der Waals surface area contributed by atoms with E-state index in [2.05, 4.69) is 0 Å². The first-order chi connectivity index (χ1) is 7.65. The van der Waals surface area contributed by atoms with Gasteiger partial charge in [0, 0.05) is 12.1 Å². The van der Waals surface area contributed by atoms with Crippen LogP contribution in [0.4, 0.5) is 8.78 Å². The number of likely N-dealkylation sites (tertiary alicyclic amines) is 1. The normalized spacial score (nSPS) is 26.2. The number of hydrogen-bond donors (Lipinski definition) is 1. The molecule has 1 aliphatic rings. The largest absolute Gasteiger partial charge is 0.391 e. The molecule has 1 aromatic carbocycles. The highest BCUT2D eigenvalue weighted by Gasteiger charge is 2.35. The van der Waals surface area contributed by atoms with E-state index >= 15 is 0 Å². The van der Waals surface area contributed by atoms with Crippen molar-refractivity contribution in [2.75, 3.05) is 13.1 Å². The molecule has 2 atom stereocenters. The molecule has 2 unspecified atom stereocenters. The first kappa shape index (κ1) is 11.5. The monoisotopic (exact) mass is 227 g/mol. The molecule has 2 rings (SSSR count). The Morgan fingerprint density at radius 3 is 2.88 bits per heavy atom. The van der Waals surface area contributed by atoms with Crippen LogP contribution < -0.4 is 0 Å². The van der Waals surface area contributed by atoms with E-state index in [1.54, 1.807) is 6.07 Å². The van der Waals surface area contributed by atoms with Gasteiger partial charge in [-0.15, -0.1) is 0 Å². The van der Waals surface area contributed by atoms with E-state index in [1.807, 2.05) is 11.8 Å². The topological polar surface area (TPSA) is 23.5 Å². The van der Waals surface area contributed by atoms with E-state index in [0.717, 1.165) is 19.2 Å². The second-order valence-electron chi connectivity index (χ2n) is 4.07. The molecular formula is C12H15F2NO. The number of nitrogens with zero attached hydrogens (tertiary/aromatic N) is 1. The molecule has 88 valence electrons. The molecule has 0 aromatic heterocycles. The highest BCUT2D eigenvalue weighted by Crippen LogP contribution is 2.33. The van der Waals surface area contributed by atoms with E-state index in [-0.39, 0.29) is 5.56 Å². The number of aliphatic hydroxyl groups is 1. The Hall–Kier alpha value is -1.00. The molecule has 0 saturated carbocycles. The van der Waals surface area contributed by atoms with Crippen molar-refractivity contribution in [2.24, 2.45) is 0 Å². The van der Waals surface area contributed by atoms with Crippen molar-refractivity contribution >= 4 is 0 Å². The predicted molar refractivity (Wildman–Crippen MR) is 57.0 cm³/mol. The minimum Gasteiger partial charge on any atom is -0.391 e. The van der Waals surface area contributed by atoms with Gasteiger partial charge in [0.25, 0.3) is 0 Å². The summed E-state index contributed by atoms with van der Waals surface area (Å²) in [6, 6.07) is 3.70. The molecule has 0 bridgehead atoms. The number of likely N-dealkylation sites (N-methyl/N-ethyl adjacent to an activating group) is 1. The quantitative estimate of drug-likeness (QED) is 0.836. The minimum absolute atomic E-state index is 0.256. The van der Waals surface area contributed by atoms with E-state index in [4.69, 9.17) is 0 Å². The van der Waals surface area contributed by atoms with Crippen LogP contribution in [0.15, 0.2) is 18.2 Å². The van der Waals surface area contributed by atoms with Crippen molar-refractivity contribution < 1.29 is 13.9 Å². The fourth-order valence-corrected chi connectivity index (χ4v) is 2.35. The van der Waals surface area contributed by atoms with Gasteiger partial charge in [-0.05, 0) is 19.0 Å². The molecule has 0 radical (unpaired) electrons. The third kappa shape index (κ3) is 1.83. The summed E-state index contributed by atoms with van der Waals surface area (Å²) in [6.45, 7) is 3.39. The van der Waals surface area contributed by atoms with Crippen molar-refractivity contribution in [2.45, 2.75) is 25.5 Å². The van der Waals surface area contributed by atoms with E-state index in [1.165, 1.54) is 6.07 Å². The molecule has 0 aliphatic carbocycles. The lowest BCUT2D eigenvalue weighted by atomic mass is 10.0. The molecule has 1 fully saturated rings. The highest BCUT2D eigenvalue weighted by atomic mass is 19.2. The van der Waals surface area contributed by atoms with Crippen LogP contribution in [0.1, 0.15) is 24.9 Å². The fourth-order valence-electron chi connectivity index (χ4n) is 2.35. The summed E-state index contributed by atoms with van der Waals surface area (Å²) in [5.41, 5.74) is 0.256. The molecule has 1 aliphatic heterocycles. The van der Waals surface area contributed by atoms with Gasteiger partial charge in [-0.2, -0.15) is 0 Å². The number of halogens is 2. The van der Waals surface area contributed by atoms with E-state index < -0.39 is 23.8 Å². The van der Waals surface area contributed by atoms with E-state index in [0.29, 0.717) is 6.42 Å². The lowest BCUT2D eigenvalue weighted by molar-refractivity contribution is 0.116. The second kappa shape index (κ2) is 4.47. The molecule has 2 nitrogen and oxygen atoms in total. The van der Waals surface area contributed by atoms with Crippen LogP contribution in [0.3, 0.4) is 0 Å². The number of aliphatic hydroxyl groups excluding tert-OH is 1. The molecule has 0 amide bonds. The summed E-state index contributed by atoms with van der Waals surface area (Å²) in [6.07, 6.45) is -0.00897. The van der Waals surface area contributed by atoms with Crippen LogP contribution in [0.5, 0.6) is 0 Å². The zero-order chi connectivity index (χ0) is 11.7. The van der Waals surface area contributed by atoms with E-state index in [9.17, 15) is 13.9 Å². The van der Waals surface area contributed by atoms with Gasteiger partial charge in [0.1, 0.15) is 0 Å². The van der Waals surface area contributed by atoms with Crippen LogP contribution in [-0.2, 0) is 0 Å². The van der Waals surface area contributed by atoms with Crippen molar-refractivity contribution in [3.05, 3.63) is 35.4 Å². The fraction of sp³-hybridized carbons (Fsp3) is 0.500. The maximum Gasteiger partial charge on any atom is 0.163 e. The molecule has 1 aromatic rings. The Kier molecular flexibility index (Phi) is 3.21. The lowest BCUT2D eigenvalue weighted by Crippen LogP contribution is -2.28. The summed E-state index contributed by atoms with van der Waals surface area (Å²) in [7, 11) is 0. The SMILES string of the molecule is CCN1CCC(O)C1c1cccc(F)c1F. The number of hydrogen-bond acceptors (Lipinski definition) is 2.